The Bertz CT molecular complexity index is 551. The van der Waals surface area contributed by atoms with Crippen LogP contribution in [0.3, 0.4) is 0 Å². The highest BCUT2D eigenvalue weighted by atomic mass is 35.5. The number of hydrogen-bond acceptors (Lipinski definition) is 1. The van der Waals surface area contributed by atoms with Crippen LogP contribution in [0.1, 0.15) is 29.7 Å². The molecule has 2 aromatic carbocycles. The minimum atomic E-state index is -0.412. The van der Waals surface area contributed by atoms with Gasteiger partial charge in [-0.05, 0) is 41.7 Å². The fourth-order valence-corrected chi connectivity index (χ4v) is 2.21. The van der Waals surface area contributed by atoms with E-state index in [9.17, 15) is 4.39 Å². The molecule has 0 heterocycles. The highest BCUT2D eigenvalue weighted by Gasteiger charge is 2.09. The Morgan fingerprint density at radius 1 is 1.11 bits per heavy atom. The van der Waals surface area contributed by atoms with Gasteiger partial charge in [0.15, 0.2) is 0 Å². The number of benzene rings is 2. The zero-order valence-electron chi connectivity index (χ0n) is 10.9. The summed E-state index contributed by atoms with van der Waals surface area (Å²) in [5.74, 6) is -0.412. The van der Waals surface area contributed by atoms with Crippen molar-refractivity contribution in [3.05, 3.63) is 70.0 Å². The van der Waals surface area contributed by atoms with Crippen LogP contribution in [0.5, 0.6) is 0 Å². The molecule has 0 aliphatic heterocycles. The quantitative estimate of drug-likeness (QED) is 0.887. The molecular formula is C16H17ClFN. The van der Waals surface area contributed by atoms with Crippen molar-refractivity contribution in [1.82, 2.24) is 0 Å². The molecule has 0 aromatic heterocycles. The topological polar surface area (TPSA) is 26.0 Å². The monoisotopic (exact) mass is 277 g/mol. The van der Waals surface area contributed by atoms with Crippen LogP contribution in [0, 0.1) is 5.82 Å². The van der Waals surface area contributed by atoms with Crippen molar-refractivity contribution in [2.75, 3.05) is 0 Å². The van der Waals surface area contributed by atoms with Gasteiger partial charge in [-0.15, -0.1) is 0 Å². The molecule has 2 N–H and O–H groups in total. The zero-order chi connectivity index (χ0) is 13.8. The number of nitrogens with two attached hydrogens (primary N) is 1. The molecule has 0 aliphatic rings. The van der Waals surface area contributed by atoms with Gasteiger partial charge in [0.1, 0.15) is 5.82 Å². The third-order valence-electron chi connectivity index (χ3n) is 3.26. The van der Waals surface area contributed by atoms with Gasteiger partial charge >= 0.3 is 0 Å². The van der Waals surface area contributed by atoms with Gasteiger partial charge in [0, 0.05) is 6.04 Å². The normalized spacial score (nSPS) is 12.4. The molecule has 0 saturated heterocycles. The summed E-state index contributed by atoms with van der Waals surface area (Å²) in [5, 5.41) is 0.120. The van der Waals surface area contributed by atoms with Gasteiger partial charge in [-0.1, -0.05) is 48.9 Å². The highest BCUT2D eigenvalue weighted by Crippen LogP contribution is 2.22. The summed E-state index contributed by atoms with van der Waals surface area (Å²) in [6.45, 7) is 2.13. The lowest BCUT2D eigenvalue weighted by Crippen LogP contribution is -2.13. The van der Waals surface area contributed by atoms with E-state index < -0.39 is 5.82 Å². The van der Waals surface area contributed by atoms with E-state index in [0.717, 1.165) is 12.0 Å². The smallest absolute Gasteiger partial charge is 0.141 e. The Labute approximate surface area is 118 Å². The maximum absolute atomic E-state index is 13.1. The van der Waals surface area contributed by atoms with E-state index >= 15 is 0 Å². The van der Waals surface area contributed by atoms with Crippen LogP contribution in [0.4, 0.5) is 4.39 Å². The van der Waals surface area contributed by atoms with Gasteiger partial charge < -0.3 is 5.73 Å². The maximum atomic E-state index is 13.1. The second-order valence-corrected chi connectivity index (χ2v) is 5.06. The van der Waals surface area contributed by atoms with E-state index in [-0.39, 0.29) is 11.1 Å². The first-order valence-electron chi connectivity index (χ1n) is 6.38. The fraction of sp³-hybridized carbons (Fsp3) is 0.250. The summed E-state index contributed by atoms with van der Waals surface area (Å²) in [6.07, 6.45) is 1.74. The SMILES string of the molecule is CCc1ccc(CC(N)c2ccc(F)c(Cl)c2)cc1. The van der Waals surface area contributed by atoms with Crippen molar-refractivity contribution < 1.29 is 4.39 Å². The molecule has 0 aliphatic carbocycles. The largest absolute Gasteiger partial charge is 0.324 e. The maximum Gasteiger partial charge on any atom is 0.141 e. The molecule has 0 bridgehead atoms. The Morgan fingerprint density at radius 3 is 2.32 bits per heavy atom. The summed E-state index contributed by atoms with van der Waals surface area (Å²) in [5.41, 5.74) is 9.47. The van der Waals surface area contributed by atoms with E-state index in [1.54, 1.807) is 12.1 Å². The summed E-state index contributed by atoms with van der Waals surface area (Å²) >= 11 is 5.77. The lowest BCUT2D eigenvalue weighted by Gasteiger charge is -2.13. The molecule has 2 aromatic rings. The molecule has 2 rings (SSSR count). The predicted octanol–water partition coefficient (Wildman–Crippen LogP) is 4.28. The van der Waals surface area contributed by atoms with Crippen molar-refractivity contribution in [2.45, 2.75) is 25.8 Å². The summed E-state index contributed by atoms with van der Waals surface area (Å²) in [7, 11) is 0. The Kier molecular flexibility index (Phi) is 4.56. The van der Waals surface area contributed by atoms with E-state index in [1.807, 2.05) is 0 Å². The molecule has 100 valence electrons. The lowest BCUT2D eigenvalue weighted by atomic mass is 9.98. The Hall–Kier alpha value is -1.38. The van der Waals surface area contributed by atoms with Gasteiger partial charge in [-0.3, -0.25) is 0 Å². The van der Waals surface area contributed by atoms with Crippen LogP contribution in [-0.2, 0) is 12.8 Å². The van der Waals surface area contributed by atoms with Crippen molar-refractivity contribution >= 4 is 11.6 Å². The molecule has 19 heavy (non-hydrogen) atoms. The van der Waals surface area contributed by atoms with E-state index in [0.29, 0.717) is 6.42 Å². The minimum absolute atomic E-state index is 0.120. The number of hydrogen-bond donors (Lipinski definition) is 1. The standard InChI is InChI=1S/C16H17ClFN/c1-2-11-3-5-12(6-4-11)9-16(19)13-7-8-15(18)14(17)10-13/h3-8,10,16H,2,9,19H2,1H3. The number of halogens is 2. The molecule has 0 fully saturated rings. The van der Waals surface area contributed by atoms with Gasteiger partial charge in [-0.25, -0.2) is 4.39 Å². The first-order valence-corrected chi connectivity index (χ1v) is 6.76. The predicted molar refractivity (Wildman–Crippen MR) is 77.9 cm³/mol. The van der Waals surface area contributed by atoms with Crippen LogP contribution >= 0.6 is 11.6 Å². The molecular weight excluding hydrogens is 261 g/mol. The van der Waals surface area contributed by atoms with Crippen LogP contribution in [0.25, 0.3) is 0 Å². The molecule has 0 radical (unpaired) electrons. The Balaban J connectivity index is 2.10. The van der Waals surface area contributed by atoms with Crippen molar-refractivity contribution in [3.63, 3.8) is 0 Å². The van der Waals surface area contributed by atoms with Gasteiger partial charge in [-0.2, -0.15) is 0 Å². The zero-order valence-corrected chi connectivity index (χ0v) is 11.6. The van der Waals surface area contributed by atoms with Gasteiger partial charge in [0.25, 0.3) is 0 Å². The van der Waals surface area contributed by atoms with Gasteiger partial charge in [0.2, 0.25) is 0 Å². The van der Waals surface area contributed by atoms with Crippen molar-refractivity contribution in [1.29, 1.82) is 0 Å². The van der Waals surface area contributed by atoms with Crippen LogP contribution < -0.4 is 5.73 Å². The minimum Gasteiger partial charge on any atom is -0.324 e. The fourth-order valence-electron chi connectivity index (χ4n) is 2.03. The number of aryl methyl sites for hydroxylation is 1. The van der Waals surface area contributed by atoms with E-state index in [4.69, 9.17) is 17.3 Å². The van der Waals surface area contributed by atoms with Gasteiger partial charge in [0.05, 0.1) is 5.02 Å². The average Bonchev–Trinajstić information content (AvgIpc) is 2.42. The molecule has 1 atom stereocenters. The number of rotatable bonds is 4. The summed E-state index contributed by atoms with van der Waals surface area (Å²) < 4.78 is 13.1. The second-order valence-electron chi connectivity index (χ2n) is 4.65. The van der Waals surface area contributed by atoms with E-state index in [1.165, 1.54) is 17.2 Å². The molecule has 1 unspecified atom stereocenters. The first kappa shape index (κ1) is 14.0. The average molecular weight is 278 g/mol. The first-order chi connectivity index (χ1) is 9.10. The second kappa shape index (κ2) is 6.18. The van der Waals surface area contributed by atoms with E-state index in [2.05, 4.69) is 31.2 Å². The van der Waals surface area contributed by atoms with Crippen LogP contribution in [0.15, 0.2) is 42.5 Å². The third-order valence-corrected chi connectivity index (χ3v) is 3.55. The lowest BCUT2D eigenvalue weighted by molar-refractivity contribution is 0.625. The summed E-state index contributed by atoms with van der Waals surface area (Å²) in [4.78, 5) is 0. The van der Waals surface area contributed by atoms with Crippen LogP contribution in [0.2, 0.25) is 5.02 Å². The van der Waals surface area contributed by atoms with Crippen LogP contribution in [-0.4, -0.2) is 0 Å². The summed E-state index contributed by atoms with van der Waals surface area (Å²) in [6, 6.07) is 12.9. The highest BCUT2D eigenvalue weighted by molar-refractivity contribution is 6.30. The molecule has 1 nitrogen and oxygen atoms in total. The molecule has 3 heteroatoms. The third kappa shape index (κ3) is 3.55. The Morgan fingerprint density at radius 2 is 1.74 bits per heavy atom. The van der Waals surface area contributed by atoms with Crippen molar-refractivity contribution in [3.8, 4) is 0 Å². The molecule has 0 spiro atoms. The molecule has 0 saturated carbocycles. The van der Waals surface area contributed by atoms with Crippen molar-refractivity contribution in [2.24, 2.45) is 5.73 Å². The molecule has 0 amide bonds.